The van der Waals surface area contributed by atoms with Crippen molar-refractivity contribution in [2.24, 2.45) is 11.8 Å². The molecule has 4 heteroatoms. The zero-order valence-electron chi connectivity index (χ0n) is 12.0. The van der Waals surface area contributed by atoms with Gasteiger partial charge < -0.3 is 4.57 Å². The minimum atomic E-state index is 0.170. The molecular weight excluding hydrogens is 224 g/mol. The third-order valence-corrected chi connectivity index (χ3v) is 3.59. The molecule has 18 heavy (non-hydrogen) atoms. The fraction of sp³-hybridized carbons (Fsp3) is 0.786. The van der Waals surface area contributed by atoms with Gasteiger partial charge in [-0.25, -0.2) is 10.4 Å². The predicted octanol–water partition coefficient (Wildman–Crippen LogP) is 3.01. The Labute approximate surface area is 111 Å². The Hall–Kier alpha value is -0.870. The number of nitrogens with zero attached hydrogens (tertiary/aromatic N) is 2. The molecule has 0 aromatic carbocycles. The van der Waals surface area contributed by atoms with Crippen molar-refractivity contribution >= 4 is 0 Å². The maximum Gasteiger partial charge on any atom is 0.127 e. The van der Waals surface area contributed by atoms with Gasteiger partial charge >= 0.3 is 0 Å². The number of hydrazine groups is 1. The third kappa shape index (κ3) is 3.82. The Morgan fingerprint density at radius 1 is 1.33 bits per heavy atom. The minimum absolute atomic E-state index is 0.170. The fourth-order valence-corrected chi connectivity index (χ4v) is 2.52. The zero-order chi connectivity index (χ0) is 13.4. The summed E-state index contributed by atoms with van der Waals surface area (Å²) < 4.78 is 2.22. The van der Waals surface area contributed by atoms with E-state index < -0.39 is 0 Å². The van der Waals surface area contributed by atoms with Crippen LogP contribution in [0.2, 0.25) is 0 Å². The van der Waals surface area contributed by atoms with E-state index >= 15 is 0 Å². The number of hydrogen-bond donors (Lipinski definition) is 2. The van der Waals surface area contributed by atoms with Crippen molar-refractivity contribution in [2.75, 3.05) is 0 Å². The monoisotopic (exact) mass is 252 g/mol. The molecule has 3 N–H and O–H groups in total. The molecule has 0 aliphatic heterocycles. The van der Waals surface area contributed by atoms with Crippen LogP contribution < -0.4 is 11.3 Å². The Kier molecular flexibility index (Phi) is 6.98. The molecule has 1 heterocycles. The van der Waals surface area contributed by atoms with E-state index in [1.165, 1.54) is 19.3 Å². The van der Waals surface area contributed by atoms with Crippen molar-refractivity contribution < 1.29 is 0 Å². The van der Waals surface area contributed by atoms with Gasteiger partial charge in [-0.05, 0) is 18.8 Å². The van der Waals surface area contributed by atoms with Gasteiger partial charge in [0.15, 0.2) is 0 Å². The number of unbranched alkanes of at least 4 members (excludes halogenated alkanes) is 1. The van der Waals surface area contributed by atoms with Crippen LogP contribution in [0.1, 0.15) is 64.7 Å². The van der Waals surface area contributed by atoms with E-state index in [-0.39, 0.29) is 6.04 Å². The molecule has 2 atom stereocenters. The average Bonchev–Trinajstić information content (AvgIpc) is 2.83. The summed E-state index contributed by atoms with van der Waals surface area (Å²) in [5.41, 5.74) is 2.98. The first-order chi connectivity index (χ1) is 8.78. The number of nitrogens with one attached hydrogen (secondary N) is 1. The van der Waals surface area contributed by atoms with Crippen LogP contribution in [0.4, 0.5) is 0 Å². The lowest BCUT2D eigenvalue weighted by Gasteiger charge is -2.25. The lowest BCUT2D eigenvalue weighted by atomic mass is 9.91. The smallest absolute Gasteiger partial charge is 0.127 e. The maximum absolute atomic E-state index is 5.77. The van der Waals surface area contributed by atoms with E-state index in [0.29, 0.717) is 5.92 Å². The molecule has 0 aliphatic carbocycles. The number of aromatic nitrogens is 2. The highest BCUT2D eigenvalue weighted by molar-refractivity contribution is 5.01. The molecule has 2 unspecified atom stereocenters. The minimum Gasteiger partial charge on any atom is -0.334 e. The Morgan fingerprint density at radius 2 is 2.11 bits per heavy atom. The SMILES string of the molecule is CCCCC(CC)C(NN)c1nccn1CCC. The van der Waals surface area contributed by atoms with Crippen LogP contribution in [0.5, 0.6) is 0 Å². The van der Waals surface area contributed by atoms with Crippen LogP contribution >= 0.6 is 0 Å². The second-order valence-corrected chi connectivity index (χ2v) is 4.93. The summed E-state index contributed by atoms with van der Waals surface area (Å²) >= 11 is 0. The van der Waals surface area contributed by atoms with E-state index in [0.717, 1.165) is 25.2 Å². The second-order valence-electron chi connectivity index (χ2n) is 4.93. The van der Waals surface area contributed by atoms with Crippen molar-refractivity contribution in [1.29, 1.82) is 0 Å². The lowest BCUT2D eigenvalue weighted by Crippen LogP contribution is -2.35. The summed E-state index contributed by atoms with van der Waals surface area (Å²) in [6.07, 6.45) is 9.88. The highest BCUT2D eigenvalue weighted by Crippen LogP contribution is 2.27. The van der Waals surface area contributed by atoms with Gasteiger partial charge in [0, 0.05) is 18.9 Å². The summed E-state index contributed by atoms with van der Waals surface area (Å²) in [5, 5.41) is 0. The normalized spacial score (nSPS) is 14.7. The van der Waals surface area contributed by atoms with E-state index in [1.54, 1.807) is 0 Å². The maximum atomic E-state index is 5.77. The number of imidazole rings is 1. The first kappa shape index (κ1) is 15.2. The summed E-state index contributed by atoms with van der Waals surface area (Å²) in [6.45, 7) is 7.66. The molecule has 4 nitrogen and oxygen atoms in total. The first-order valence-electron chi connectivity index (χ1n) is 7.25. The van der Waals surface area contributed by atoms with E-state index in [9.17, 15) is 0 Å². The fourth-order valence-electron chi connectivity index (χ4n) is 2.52. The highest BCUT2D eigenvalue weighted by Gasteiger charge is 2.23. The topological polar surface area (TPSA) is 55.9 Å². The van der Waals surface area contributed by atoms with Crippen molar-refractivity contribution in [2.45, 2.75) is 65.5 Å². The molecule has 0 spiro atoms. The lowest BCUT2D eigenvalue weighted by molar-refractivity contribution is 0.307. The molecule has 104 valence electrons. The molecule has 0 amide bonds. The van der Waals surface area contributed by atoms with Crippen LogP contribution in [0.15, 0.2) is 12.4 Å². The van der Waals surface area contributed by atoms with Crippen molar-refractivity contribution in [1.82, 2.24) is 15.0 Å². The number of nitrogens with two attached hydrogens (primary N) is 1. The van der Waals surface area contributed by atoms with Gasteiger partial charge in [-0.3, -0.25) is 5.84 Å². The second kappa shape index (κ2) is 8.27. The van der Waals surface area contributed by atoms with Gasteiger partial charge in [0.25, 0.3) is 0 Å². The van der Waals surface area contributed by atoms with Crippen molar-refractivity contribution in [3.8, 4) is 0 Å². The van der Waals surface area contributed by atoms with Crippen LogP contribution in [-0.4, -0.2) is 9.55 Å². The van der Waals surface area contributed by atoms with Gasteiger partial charge in [-0.15, -0.1) is 0 Å². The third-order valence-electron chi connectivity index (χ3n) is 3.59. The zero-order valence-corrected chi connectivity index (χ0v) is 12.0. The van der Waals surface area contributed by atoms with Crippen molar-refractivity contribution in [3.05, 3.63) is 18.2 Å². The molecule has 0 radical (unpaired) electrons. The predicted molar refractivity (Wildman–Crippen MR) is 75.9 cm³/mol. The van der Waals surface area contributed by atoms with Crippen LogP contribution in [-0.2, 0) is 6.54 Å². The molecule has 1 aromatic heterocycles. The van der Waals surface area contributed by atoms with Gasteiger partial charge in [0.2, 0.25) is 0 Å². The molecule has 1 aromatic rings. The molecule has 0 saturated heterocycles. The molecule has 0 aliphatic rings. The van der Waals surface area contributed by atoms with Gasteiger partial charge in [-0.2, -0.15) is 0 Å². The average molecular weight is 252 g/mol. The van der Waals surface area contributed by atoms with E-state index in [1.807, 2.05) is 6.20 Å². The molecular formula is C14H28N4. The molecule has 0 fully saturated rings. The summed E-state index contributed by atoms with van der Waals surface area (Å²) in [7, 11) is 0. The largest absolute Gasteiger partial charge is 0.334 e. The number of rotatable bonds is 9. The van der Waals surface area contributed by atoms with E-state index in [2.05, 4.69) is 41.9 Å². The Morgan fingerprint density at radius 3 is 2.67 bits per heavy atom. The number of aryl methyl sites for hydroxylation is 1. The van der Waals surface area contributed by atoms with Gasteiger partial charge in [0.05, 0.1) is 6.04 Å². The van der Waals surface area contributed by atoms with E-state index in [4.69, 9.17) is 5.84 Å². The van der Waals surface area contributed by atoms with Crippen molar-refractivity contribution in [3.63, 3.8) is 0 Å². The Balaban J connectivity index is 2.81. The Bertz CT molecular complexity index is 321. The standard InChI is InChI=1S/C14H28N4/c1-4-7-8-12(6-3)13(17-15)14-16-9-11-18(14)10-5-2/h9,11-13,17H,4-8,10,15H2,1-3H3. The highest BCUT2D eigenvalue weighted by atomic mass is 15.3. The summed E-state index contributed by atoms with van der Waals surface area (Å²) in [5.74, 6) is 7.42. The molecule has 0 saturated carbocycles. The van der Waals surface area contributed by atoms with Gasteiger partial charge in [-0.1, -0.05) is 40.0 Å². The van der Waals surface area contributed by atoms with Gasteiger partial charge in [0.1, 0.15) is 5.82 Å². The molecule has 1 rings (SSSR count). The first-order valence-corrected chi connectivity index (χ1v) is 7.25. The quantitative estimate of drug-likeness (QED) is 0.524. The summed E-state index contributed by atoms with van der Waals surface area (Å²) in [6, 6.07) is 0.170. The number of hydrogen-bond acceptors (Lipinski definition) is 3. The summed E-state index contributed by atoms with van der Waals surface area (Å²) in [4.78, 5) is 4.50. The van der Waals surface area contributed by atoms with Crippen LogP contribution in [0.25, 0.3) is 0 Å². The van der Waals surface area contributed by atoms with Crippen LogP contribution in [0, 0.1) is 5.92 Å². The van der Waals surface area contributed by atoms with Crippen LogP contribution in [0.3, 0.4) is 0 Å². The molecule has 0 bridgehead atoms.